The average Bonchev–Trinajstić information content (AvgIpc) is 3.22. The number of pyridine rings is 2. The first-order valence-electron chi connectivity index (χ1n) is 7.13. The molecule has 0 atom stereocenters. The van der Waals surface area contributed by atoms with Gasteiger partial charge in [-0.3, -0.25) is 19.7 Å². The van der Waals surface area contributed by atoms with Crippen molar-refractivity contribution in [2.24, 2.45) is 0 Å². The number of aryl methyl sites for hydroxylation is 1. The van der Waals surface area contributed by atoms with Crippen LogP contribution in [0.15, 0.2) is 49.1 Å². The summed E-state index contributed by atoms with van der Waals surface area (Å²) in [5, 5.41) is 12.7. The Balaban J connectivity index is 1.86. The van der Waals surface area contributed by atoms with E-state index in [-0.39, 0.29) is 0 Å². The number of fused-ring (bicyclic) bond motifs is 1. The van der Waals surface area contributed by atoms with Crippen LogP contribution < -0.4 is 0 Å². The highest BCUT2D eigenvalue weighted by molar-refractivity contribution is 5.93. The van der Waals surface area contributed by atoms with Gasteiger partial charge in [0.25, 0.3) is 0 Å². The Labute approximate surface area is 126 Å². The van der Waals surface area contributed by atoms with Gasteiger partial charge in [-0.25, -0.2) is 0 Å². The molecule has 0 spiro atoms. The van der Waals surface area contributed by atoms with E-state index in [0.29, 0.717) is 0 Å². The maximum Gasteiger partial charge on any atom is 0.118 e. The maximum absolute atomic E-state index is 4.49. The molecular weight excluding hydrogens is 276 g/mol. The first-order valence-corrected chi connectivity index (χ1v) is 7.13. The lowest BCUT2D eigenvalue weighted by Gasteiger charge is -1.99. The molecule has 0 aliphatic carbocycles. The van der Waals surface area contributed by atoms with Gasteiger partial charge in [-0.2, -0.15) is 10.2 Å². The number of aromatic amines is 1. The monoisotopic (exact) mass is 290 g/mol. The fourth-order valence-corrected chi connectivity index (χ4v) is 2.44. The molecule has 0 fully saturated rings. The molecule has 4 rings (SSSR count). The highest BCUT2D eigenvalue weighted by Gasteiger charge is 2.11. The van der Waals surface area contributed by atoms with Crippen molar-refractivity contribution in [2.45, 2.75) is 13.5 Å². The third-order valence-electron chi connectivity index (χ3n) is 3.61. The molecule has 0 saturated heterocycles. The van der Waals surface area contributed by atoms with E-state index < -0.39 is 0 Å². The van der Waals surface area contributed by atoms with Crippen molar-refractivity contribution < 1.29 is 0 Å². The standard InChI is InChI=1S/C16H14N6/c1-2-22-10-11(8-19-22)14-7-12-15(9-18-14)20-21-16(12)13-5-3-4-6-17-13/h3-10H,2H2,1H3,(H,20,21). The zero-order valence-electron chi connectivity index (χ0n) is 12.1. The molecule has 0 aromatic carbocycles. The second kappa shape index (κ2) is 5.07. The number of nitrogens with zero attached hydrogens (tertiary/aromatic N) is 5. The van der Waals surface area contributed by atoms with Crippen molar-refractivity contribution in [3.8, 4) is 22.6 Å². The molecule has 0 bridgehead atoms. The molecule has 22 heavy (non-hydrogen) atoms. The van der Waals surface area contributed by atoms with Crippen molar-refractivity contribution in [3.05, 3.63) is 49.1 Å². The summed E-state index contributed by atoms with van der Waals surface area (Å²) in [6.45, 7) is 2.90. The van der Waals surface area contributed by atoms with Crippen molar-refractivity contribution >= 4 is 10.9 Å². The first kappa shape index (κ1) is 12.7. The molecule has 0 unspecified atom stereocenters. The van der Waals surface area contributed by atoms with Crippen LogP contribution in [-0.2, 0) is 6.54 Å². The van der Waals surface area contributed by atoms with Crippen LogP contribution in [0.25, 0.3) is 33.5 Å². The molecule has 4 aromatic heterocycles. The maximum atomic E-state index is 4.49. The molecular formula is C16H14N6. The summed E-state index contributed by atoms with van der Waals surface area (Å²) in [7, 11) is 0. The topological polar surface area (TPSA) is 72.3 Å². The molecule has 0 saturated carbocycles. The van der Waals surface area contributed by atoms with E-state index in [0.717, 1.165) is 40.1 Å². The van der Waals surface area contributed by atoms with E-state index in [1.54, 1.807) is 12.4 Å². The van der Waals surface area contributed by atoms with E-state index in [9.17, 15) is 0 Å². The highest BCUT2D eigenvalue weighted by Crippen LogP contribution is 2.27. The zero-order valence-corrected chi connectivity index (χ0v) is 12.1. The summed E-state index contributed by atoms with van der Waals surface area (Å²) in [5.41, 5.74) is 4.45. The number of rotatable bonds is 3. The van der Waals surface area contributed by atoms with Crippen molar-refractivity contribution in [3.63, 3.8) is 0 Å². The van der Waals surface area contributed by atoms with Crippen LogP contribution in [0.5, 0.6) is 0 Å². The number of hydrogen-bond donors (Lipinski definition) is 1. The molecule has 1 N–H and O–H groups in total. The van der Waals surface area contributed by atoms with Gasteiger partial charge < -0.3 is 0 Å². The van der Waals surface area contributed by atoms with Crippen LogP contribution in [0.3, 0.4) is 0 Å². The largest absolute Gasteiger partial charge is 0.276 e. The quantitative estimate of drug-likeness (QED) is 0.629. The second-order valence-corrected chi connectivity index (χ2v) is 4.99. The van der Waals surface area contributed by atoms with Crippen LogP contribution in [-0.4, -0.2) is 29.9 Å². The smallest absolute Gasteiger partial charge is 0.118 e. The van der Waals surface area contributed by atoms with Gasteiger partial charge >= 0.3 is 0 Å². The summed E-state index contributed by atoms with van der Waals surface area (Å²) in [6.07, 6.45) is 7.39. The Morgan fingerprint density at radius 2 is 2.09 bits per heavy atom. The van der Waals surface area contributed by atoms with E-state index in [1.165, 1.54) is 0 Å². The van der Waals surface area contributed by atoms with Crippen LogP contribution in [0.2, 0.25) is 0 Å². The molecule has 4 heterocycles. The lowest BCUT2D eigenvalue weighted by molar-refractivity contribution is 0.660. The Bertz CT molecular complexity index is 922. The van der Waals surface area contributed by atoms with Crippen LogP contribution in [0.4, 0.5) is 0 Å². The van der Waals surface area contributed by atoms with E-state index in [2.05, 4.69) is 32.2 Å². The molecule has 0 radical (unpaired) electrons. The van der Waals surface area contributed by atoms with Crippen molar-refractivity contribution in [2.75, 3.05) is 0 Å². The van der Waals surface area contributed by atoms with Gasteiger partial charge in [0.2, 0.25) is 0 Å². The predicted octanol–water partition coefficient (Wildman–Crippen LogP) is 2.90. The molecule has 6 heteroatoms. The van der Waals surface area contributed by atoms with Crippen LogP contribution in [0.1, 0.15) is 6.92 Å². The number of hydrogen-bond acceptors (Lipinski definition) is 4. The van der Waals surface area contributed by atoms with E-state index in [4.69, 9.17) is 0 Å². The highest BCUT2D eigenvalue weighted by atomic mass is 15.3. The molecule has 108 valence electrons. The molecule has 0 aliphatic rings. The Kier molecular flexibility index (Phi) is 2.93. The van der Waals surface area contributed by atoms with Crippen molar-refractivity contribution in [1.82, 2.24) is 29.9 Å². The van der Waals surface area contributed by atoms with Crippen LogP contribution >= 0.6 is 0 Å². The third kappa shape index (κ3) is 2.05. The molecule has 0 aliphatic heterocycles. The summed E-state index contributed by atoms with van der Waals surface area (Å²) >= 11 is 0. The normalized spacial score (nSPS) is 11.1. The minimum Gasteiger partial charge on any atom is -0.276 e. The SMILES string of the molecule is CCn1cc(-c2cc3c(-c4ccccn4)n[nH]c3cn2)cn1. The van der Waals surface area contributed by atoms with Gasteiger partial charge in [-0.15, -0.1) is 0 Å². The number of aromatic nitrogens is 6. The Morgan fingerprint density at radius 3 is 2.86 bits per heavy atom. The lowest BCUT2D eigenvalue weighted by atomic mass is 10.1. The molecule has 0 amide bonds. The van der Waals surface area contributed by atoms with E-state index >= 15 is 0 Å². The summed E-state index contributed by atoms with van der Waals surface area (Å²) in [6, 6.07) is 7.82. The summed E-state index contributed by atoms with van der Waals surface area (Å²) in [4.78, 5) is 8.86. The summed E-state index contributed by atoms with van der Waals surface area (Å²) in [5.74, 6) is 0. The predicted molar refractivity (Wildman–Crippen MR) is 84.0 cm³/mol. The number of H-pyrrole nitrogens is 1. The minimum atomic E-state index is 0.835. The van der Waals surface area contributed by atoms with Crippen molar-refractivity contribution in [1.29, 1.82) is 0 Å². The van der Waals surface area contributed by atoms with Gasteiger partial charge in [0.15, 0.2) is 0 Å². The fraction of sp³-hybridized carbons (Fsp3) is 0.125. The second-order valence-electron chi connectivity index (χ2n) is 4.99. The van der Waals surface area contributed by atoms with Gasteiger partial charge in [-0.05, 0) is 25.1 Å². The number of nitrogens with one attached hydrogen (secondary N) is 1. The summed E-state index contributed by atoms with van der Waals surface area (Å²) < 4.78 is 1.89. The zero-order chi connectivity index (χ0) is 14.9. The Hall–Kier alpha value is -3.02. The average molecular weight is 290 g/mol. The van der Waals surface area contributed by atoms with Gasteiger partial charge in [0.05, 0.1) is 29.3 Å². The Morgan fingerprint density at radius 1 is 1.14 bits per heavy atom. The minimum absolute atomic E-state index is 0.835. The third-order valence-corrected chi connectivity index (χ3v) is 3.61. The molecule has 4 aromatic rings. The fourth-order valence-electron chi connectivity index (χ4n) is 2.44. The van der Waals surface area contributed by atoms with Gasteiger partial charge in [0, 0.05) is 29.9 Å². The lowest BCUT2D eigenvalue weighted by Crippen LogP contribution is -1.92. The van der Waals surface area contributed by atoms with Crippen LogP contribution in [0, 0.1) is 0 Å². The van der Waals surface area contributed by atoms with Gasteiger partial charge in [-0.1, -0.05) is 6.07 Å². The van der Waals surface area contributed by atoms with Gasteiger partial charge in [0.1, 0.15) is 5.69 Å². The van der Waals surface area contributed by atoms with E-state index in [1.807, 2.05) is 41.3 Å². The molecule has 6 nitrogen and oxygen atoms in total. The first-order chi connectivity index (χ1) is 10.8.